The van der Waals surface area contributed by atoms with Gasteiger partial charge in [-0.2, -0.15) is 0 Å². The highest BCUT2D eigenvalue weighted by atomic mass is 32.2. The topological polar surface area (TPSA) is 113 Å². The highest BCUT2D eigenvalue weighted by Crippen LogP contribution is 2.28. The molecule has 10 heteroatoms. The second kappa shape index (κ2) is 8.18. The van der Waals surface area contributed by atoms with Gasteiger partial charge in [-0.15, -0.1) is 0 Å². The number of carbonyl (C=O) groups excluding carboxylic acids is 1. The Kier molecular flexibility index (Phi) is 5.85. The van der Waals surface area contributed by atoms with Crippen molar-refractivity contribution in [1.29, 1.82) is 0 Å². The number of nitro groups is 1. The molecule has 2 aromatic carbocycles. The summed E-state index contributed by atoms with van der Waals surface area (Å²) >= 11 is 0. The summed E-state index contributed by atoms with van der Waals surface area (Å²) in [5, 5.41) is 11.5. The molecule has 1 fully saturated rings. The van der Waals surface area contributed by atoms with Crippen molar-refractivity contribution in [3.05, 3.63) is 63.7 Å². The number of benzene rings is 2. The number of nitrogens with zero attached hydrogens (tertiary/aromatic N) is 3. The maximum Gasteiger partial charge on any atom is 0.294 e. The molecule has 0 aliphatic carbocycles. The van der Waals surface area contributed by atoms with Crippen LogP contribution in [-0.2, 0) is 10.0 Å². The van der Waals surface area contributed by atoms with E-state index in [0.717, 1.165) is 24.7 Å². The molecule has 1 heterocycles. The molecule has 0 radical (unpaired) electrons. The standard InChI is InChI=1S/C19H22N4O5S/c1-14-3-6-16(7-4-14)29(27,28)20-17-8-5-15(13-18(17)23(25)26)19(24)22-11-9-21(2)10-12-22/h3-8,13,20H,9-12H2,1-2H3. The van der Waals surface area contributed by atoms with E-state index in [-0.39, 0.29) is 22.1 Å². The minimum Gasteiger partial charge on any atom is -0.336 e. The molecule has 1 aliphatic rings. The third kappa shape index (κ3) is 4.72. The van der Waals surface area contributed by atoms with Crippen LogP contribution in [0.2, 0.25) is 0 Å². The van der Waals surface area contributed by atoms with Gasteiger partial charge < -0.3 is 9.80 Å². The van der Waals surface area contributed by atoms with E-state index in [0.29, 0.717) is 13.1 Å². The molecular weight excluding hydrogens is 396 g/mol. The number of sulfonamides is 1. The number of rotatable bonds is 5. The third-order valence-electron chi connectivity index (χ3n) is 4.81. The molecule has 0 atom stereocenters. The zero-order chi connectivity index (χ0) is 21.2. The first kappa shape index (κ1) is 20.7. The number of carbonyl (C=O) groups is 1. The highest BCUT2D eigenvalue weighted by Gasteiger charge is 2.25. The number of hydrogen-bond acceptors (Lipinski definition) is 6. The van der Waals surface area contributed by atoms with Gasteiger partial charge in [0.2, 0.25) is 0 Å². The van der Waals surface area contributed by atoms with Gasteiger partial charge >= 0.3 is 0 Å². The summed E-state index contributed by atoms with van der Waals surface area (Å²) in [5.74, 6) is -0.311. The predicted molar refractivity (Wildman–Crippen MR) is 108 cm³/mol. The van der Waals surface area contributed by atoms with E-state index >= 15 is 0 Å². The van der Waals surface area contributed by atoms with Crippen molar-refractivity contribution in [3.63, 3.8) is 0 Å². The van der Waals surface area contributed by atoms with Gasteiger partial charge in [-0.05, 0) is 38.2 Å². The first-order valence-corrected chi connectivity index (χ1v) is 10.5. The van der Waals surface area contributed by atoms with Crippen LogP contribution in [0.25, 0.3) is 0 Å². The van der Waals surface area contributed by atoms with E-state index in [9.17, 15) is 23.3 Å². The van der Waals surface area contributed by atoms with Crippen molar-refractivity contribution >= 4 is 27.3 Å². The molecule has 154 valence electrons. The molecule has 0 unspecified atom stereocenters. The fourth-order valence-electron chi connectivity index (χ4n) is 3.02. The number of hydrogen-bond donors (Lipinski definition) is 1. The molecule has 29 heavy (non-hydrogen) atoms. The molecule has 3 rings (SSSR count). The fraction of sp³-hybridized carbons (Fsp3) is 0.316. The molecule has 1 aliphatic heterocycles. The zero-order valence-electron chi connectivity index (χ0n) is 16.2. The van der Waals surface area contributed by atoms with E-state index in [1.54, 1.807) is 17.0 Å². The summed E-state index contributed by atoms with van der Waals surface area (Å²) in [6.07, 6.45) is 0. The SMILES string of the molecule is Cc1ccc(S(=O)(=O)Nc2ccc(C(=O)N3CCN(C)CC3)cc2[N+](=O)[O-])cc1. The highest BCUT2D eigenvalue weighted by molar-refractivity contribution is 7.92. The molecule has 0 aromatic heterocycles. The van der Waals surface area contributed by atoms with Crippen molar-refractivity contribution in [2.24, 2.45) is 0 Å². The van der Waals surface area contributed by atoms with Crippen molar-refractivity contribution in [3.8, 4) is 0 Å². The van der Waals surface area contributed by atoms with Gasteiger partial charge in [-0.3, -0.25) is 19.6 Å². The van der Waals surface area contributed by atoms with E-state index in [1.165, 1.54) is 24.3 Å². The summed E-state index contributed by atoms with van der Waals surface area (Å²) in [4.78, 5) is 27.2. The van der Waals surface area contributed by atoms with Crippen molar-refractivity contribution in [2.75, 3.05) is 37.9 Å². The van der Waals surface area contributed by atoms with Gasteiger partial charge in [0.15, 0.2) is 0 Å². The maximum atomic E-state index is 12.7. The Morgan fingerprint density at radius 1 is 1.07 bits per heavy atom. The number of anilines is 1. The van der Waals surface area contributed by atoms with E-state index < -0.39 is 20.6 Å². The number of piperazine rings is 1. The molecule has 1 N–H and O–H groups in total. The van der Waals surface area contributed by atoms with Gasteiger partial charge in [-0.1, -0.05) is 17.7 Å². The smallest absolute Gasteiger partial charge is 0.294 e. The lowest BCUT2D eigenvalue weighted by atomic mass is 10.1. The van der Waals surface area contributed by atoms with Crippen LogP contribution in [-0.4, -0.2) is 62.3 Å². The van der Waals surface area contributed by atoms with Crippen molar-refractivity contribution < 1.29 is 18.1 Å². The number of likely N-dealkylation sites (N-methyl/N-ethyl adjacent to an activating group) is 1. The number of nitrogens with one attached hydrogen (secondary N) is 1. The number of nitro benzene ring substituents is 1. The molecule has 2 aromatic rings. The predicted octanol–water partition coefficient (Wildman–Crippen LogP) is 2.09. The number of amides is 1. The molecule has 0 saturated carbocycles. The summed E-state index contributed by atoms with van der Waals surface area (Å²) in [7, 11) is -2.04. The Bertz CT molecular complexity index is 1030. The monoisotopic (exact) mass is 418 g/mol. The maximum absolute atomic E-state index is 12.7. The van der Waals surface area contributed by atoms with Gasteiger partial charge in [0.1, 0.15) is 5.69 Å². The first-order chi connectivity index (χ1) is 13.7. The Morgan fingerprint density at radius 2 is 1.69 bits per heavy atom. The summed E-state index contributed by atoms with van der Waals surface area (Å²) in [6, 6.07) is 9.91. The van der Waals surface area contributed by atoms with Crippen LogP contribution in [0.1, 0.15) is 15.9 Å². The Morgan fingerprint density at radius 3 is 2.28 bits per heavy atom. The summed E-state index contributed by atoms with van der Waals surface area (Å²) in [5.41, 5.74) is 0.382. The van der Waals surface area contributed by atoms with Gasteiger partial charge in [0.05, 0.1) is 9.82 Å². The van der Waals surface area contributed by atoms with Crippen LogP contribution >= 0.6 is 0 Å². The summed E-state index contributed by atoms with van der Waals surface area (Å²) < 4.78 is 27.4. The van der Waals surface area contributed by atoms with Crippen molar-refractivity contribution in [2.45, 2.75) is 11.8 Å². The van der Waals surface area contributed by atoms with Crippen LogP contribution in [0, 0.1) is 17.0 Å². The normalized spacial score (nSPS) is 15.2. The molecule has 0 spiro atoms. The minimum absolute atomic E-state index is 0.00464. The van der Waals surface area contributed by atoms with Gasteiger partial charge in [0, 0.05) is 37.8 Å². The fourth-order valence-corrected chi connectivity index (χ4v) is 4.09. The van der Waals surface area contributed by atoms with E-state index in [4.69, 9.17) is 0 Å². The van der Waals surface area contributed by atoms with E-state index in [1.807, 2.05) is 14.0 Å². The lowest BCUT2D eigenvalue weighted by Crippen LogP contribution is -2.47. The second-order valence-corrected chi connectivity index (χ2v) is 8.69. The minimum atomic E-state index is -4.00. The molecule has 1 amide bonds. The first-order valence-electron chi connectivity index (χ1n) is 9.03. The second-order valence-electron chi connectivity index (χ2n) is 7.00. The Balaban J connectivity index is 1.87. The quantitative estimate of drug-likeness (QED) is 0.588. The molecule has 0 bridgehead atoms. The average Bonchev–Trinajstić information content (AvgIpc) is 2.68. The lowest BCUT2D eigenvalue weighted by molar-refractivity contribution is -0.383. The molecular formula is C19H22N4O5S. The van der Waals surface area contributed by atoms with Crippen molar-refractivity contribution in [1.82, 2.24) is 9.80 Å². The Labute approximate surface area is 169 Å². The third-order valence-corrected chi connectivity index (χ3v) is 6.19. The lowest BCUT2D eigenvalue weighted by Gasteiger charge is -2.32. The van der Waals surface area contributed by atoms with Crippen LogP contribution in [0.5, 0.6) is 0 Å². The summed E-state index contributed by atoms with van der Waals surface area (Å²) in [6.45, 7) is 4.34. The van der Waals surface area contributed by atoms with Gasteiger partial charge in [0.25, 0.3) is 21.6 Å². The molecule has 1 saturated heterocycles. The molecule has 9 nitrogen and oxygen atoms in total. The average molecular weight is 418 g/mol. The van der Waals surface area contributed by atoms with Crippen LogP contribution < -0.4 is 4.72 Å². The zero-order valence-corrected chi connectivity index (χ0v) is 17.0. The van der Waals surface area contributed by atoms with Crippen LogP contribution in [0.3, 0.4) is 0 Å². The largest absolute Gasteiger partial charge is 0.336 e. The van der Waals surface area contributed by atoms with Crippen LogP contribution in [0.15, 0.2) is 47.4 Å². The van der Waals surface area contributed by atoms with E-state index in [2.05, 4.69) is 9.62 Å². The Hall–Kier alpha value is -2.98. The van der Waals surface area contributed by atoms with Gasteiger partial charge in [-0.25, -0.2) is 8.42 Å². The number of aryl methyl sites for hydroxylation is 1. The van der Waals surface area contributed by atoms with Crippen LogP contribution in [0.4, 0.5) is 11.4 Å².